The number of amides is 1. The van der Waals surface area contributed by atoms with Crippen molar-refractivity contribution in [1.82, 2.24) is 14.8 Å². The first-order valence-corrected chi connectivity index (χ1v) is 12.8. The van der Waals surface area contributed by atoms with Crippen molar-refractivity contribution >= 4 is 43.1 Å². The third-order valence-electron chi connectivity index (χ3n) is 4.97. The van der Waals surface area contributed by atoms with Gasteiger partial charge in [0.05, 0.1) is 27.1 Å². The first-order valence-electron chi connectivity index (χ1n) is 10.5. The van der Waals surface area contributed by atoms with Crippen LogP contribution in [0.2, 0.25) is 0 Å². The number of hydrogen-bond donors (Lipinski definition) is 1. The summed E-state index contributed by atoms with van der Waals surface area (Å²) in [5.41, 5.74) is 1.67. The molecular weight excluding hydrogens is 460 g/mol. The van der Waals surface area contributed by atoms with Crippen LogP contribution >= 0.6 is 11.3 Å². The molecule has 0 aliphatic heterocycles. The Balaban J connectivity index is 1.68. The zero-order valence-electron chi connectivity index (χ0n) is 18.7. The average molecular weight is 485 g/mol. The number of benzene rings is 2. The van der Waals surface area contributed by atoms with Crippen molar-refractivity contribution in [2.45, 2.75) is 37.8 Å². The minimum absolute atomic E-state index is 0.115. The third kappa shape index (κ3) is 4.49. The Kier molecular flexibility index (Phi) is 6.22. The summed E-state index contributed by atoms with van der Waals surface area (Å²) in [7, 11) is -3.49. The molecule has 172 valence electrons. The molecule has 0 saturated heterocycles. The predicted octanol–water partition coefficient (Wildman–Crippen LogP) is 4.62. The Hall–Kier alpha value is -3.24. The summed E-state index contributed by atoms with van der Waals surface area (Å²) in [4.78, 5) is 17.8. The minimum atomic E-state index is -3.49. The van der Waals surface area contributed by atoms with Crippen molar-refractivity contribution in [3.63, 3.8) is 0 Å². The van der Waals surface area contributed by atoms with Gasteiger partial charge in [-0.15, -0.1) is 0 Å². The van der Waals surface area contributed by atoms with Crippen LogP contribution in [0, 0.1) is 6.92 Å². The summed E-state index contributed by atoms with van der Waals surface area (Å²) in [6.07, 6.45) is 0. The second-order valence-corrected chi connectivity index (χ2v) is 11.2. The summed E-state index contributed by atoms with van der Waals surface area (Å²) < 4.78 is 33.2. The number of para-hydroxylation sites is 1. The number of sulfone groups is 1. The molecule has 10 heteroatoms. The lowest BCUT2D eigenvalue weighted by atomic mass is 10.2. The summed E-state index contributed by atoms with van der Waals surface area (Å²) in [6.45, 7) is 7.48. The fraction of sp³-hybridized carbons (Fsp3) is 0.261. The van der Waals surface area contributed by atoms with Crippen LogP contribution in [0.4, 0.5) is 5.82 Å². The molecular formula is C23H24N4O4S2. The lowest BCUT2D eigenvalue weighted by molar-refractivity contribution is 0.102. The van der Waals surface area contributed by atoms with Crippen LogP contribution in [-0.2, 0) is 9.84 Å². The first kappa shape index (κ1) is 22.9. The second kappa shape index (κ2) is 8.95. The fourth-order valence-corrected chi connectivity index (χ4v) is 5.34. The van der Waals surface area contributed by atoms with Crippen molar-refractivity contribution in [2.75, 3.05) is 11.9 Å². The Labute approximate surface area is 196 Å². The van der Waals surface area contributed by atoms with E-state index < -0.39 is 21.0 Å². The molecule has 8 nitrogen and oxygen atoms in total. The van der Waals surface area contributed by atoms with Gasteiger partial charge in [-0.05, 0) is 58.0 Å². The monoisotopic (exact) mass is 484 g/mol. The molecule has 0 saturated carbocycles. The molecule has 0 radical (unpaired) electrons. The smallest absolute Gasteiger partial charge is 0.256 e. The number of fused-ring (bicyclic) bond motifs is 1. The molecule has 0 spiro atoms. The van der Waals surface area contributed by atoms with E-state index in [9.17, 15) is 13.2 Å². The molecule has 0 bridgehead atoms. The highest BCUT2D eigenvalue weighted by Gasteiger charge is 2.21. The van der Waals surface area contributed by atoms with Crippen LogP contribution in [0.15, 0.2) is 53.4 Å². The van der Waals surface area contributed by atoms with Crippen LogP contribution in [0.5, 0.6) is 5.75 Å². The molecule has 33 heavy (non-hydrogen) atoms. The van der Waals surface area contributed by atoms with Crippen molar-refractivity contribution in [3.05, 3.63) is 59.8 Å². The zero-order chi connectivity index (χ0) is 23.8. The highest BCUT2D eigenvalue weighted by molar-refractivity contribution is 7.92. The third-order valence-corrected chi connectivity index (χ3v) is 8.12. The Bertz CT molecular complexity index is 1440. The molecule has 0 atom stereocenters. The SMILES string of the molecule is CCOc1cccc2sc(-n3nc(C)cc3NC(=O)c3cccc(S(=O)(=O)C(C)C)c3)nc12. The maximum Gasteiger partial charge on any atom is 0.256 e. The van der Waals surface area contributed by atoms with E-state index in [2.05, 4.69) is 15.4 Å². The second-order valence-electron chi connectivity index (χ2n) is 7.69. The van der Waals surface area contributed by atoms with E-state index >= 15 is 0 Å². The summed E-state index contributed by atoms with van der Waals surface area (Å²) in [6, 6.07) is 13.5. The molecule has 2 aromatic carbocycles. The van der Waals surface area contributed by atoms with E-state index in [1.807, 2.05) is 32.0 Å². The largest absolute Gasteiger partial charge is 0.492 e. The lowest BCUT2D eigenvalue weighted by Crippen LogP contribution is -2.17. The molecule has 0 fully saturated rings. The van der Waals surface area contributed by atoms with Gasteiger partial charge in [0.25, 0.3) is 5.91 Å². The first-order chi connectivity index (χ1) is 15.7. The zero-order valence-corrected chi connectivity index (χ0v) is 20.3. The maximum atomic E-state index is 13.0. The van der Waals surface area contributed by atoms with Crippen LogP contribution in [0.3, 0.4) is 0 Å². The van der Waals surface area contributed by atoms with Crippen molar-refractivity contribution in [2.24, 2.45) is 0 Å². The molecule has 1 N–H and O–H groups in total. The number of anilines is 1. The van der Waals surface area contributed by atoms with Gasteiger partial charge < -0.3 is 10.1 Å². The quantitative estimate of drug-likeness (QED) is 0.410. The number of hydrogen-bond acceptors (Lipinski definition) is 7. The Morgan fingerprint density at radius 2 is 1.94 bits per heavy atom. The molecule has 2 aromatic heterocycles. The van der Waals surface area contributed by atoms with Crippen LogP contribution in [0.25, 0.3) is 15.3 Å². The van der Waals surface area contributed by atoms with Crippen molar-refractivity contribution in [1.29, 1.82) is 0 Å². The number of thiazole rings is 1. The van der Waals surface area contributed by atoms with Crippen molar-refractivity contribution < 1.29 is 17.9 Å². The van der Waals surface area contributed by atoms with Gasteiger partial charge in [0, 0.05) is 11.6 Å². The van der Waals surface area contributed by atoms with Gasteiger partial charge in [-0.2, -0.15) is 9.78 Å². The van der Waals surface area contributed by atoms with Crippen LogP contribution < -0.4 is 10.1 Å². The molecule has 4 aromatic rings. The minimum Gasteiger partial charge on any atom is -0.492 e. The summed E-state index contributed by atoms with van der Waals surface area (Å²) in [5.74, 6) is 0.690. The van der Waals surface area contributed by atoms with E-state index in [1.165, 1.54) is 23.5 Å². The van der Waals surface area contributed by atoms with E-state index in [-0.39, 0.29) is 10.5 Å². The summed E-state index contributed by atoms with van der Waals surface area (Å²) in [5, 5.41) is 7.33. The van der Waals surface area contributed by atoms with Crippen LogP contribution in [0.1, 0.15) is 36.8 Å². The molecule has 2 heterocycles. The van der Waals surface area contributed by atoms with Gasteiger partial charge in [0.1, 0.15) is 17.1 Å². The van der Waals surface area contributed by atoms with E-state index in [0.29, 0.717) is 29.0 Å². The van der Waals surface area contributed by atoms with Gasteiger partial charge in [0.15, 0.2) is 9.84 Å². The van der Waals surface area contributed by atoms with E-state index in [1.54, 1.807) is 36.7 Å². The number of aryl methyl sites for hydroxylation is 1. The van der Waals surface area contributed by atoms with Gasteiger partial charge in [-0.25, -0.2) is 13.4 Å². The molecule has 0 aliphatic rings. The van der Waals surface area contributed by atoms with Crippen LogP contribution in [-0.4, -0.2) is 40.9 Å². The predicted molar refractivity (Wildman–Crippen MR) is 129 cm³/mol. The Morgan fingerprint density at radius 1 is 1.18 bits per heavy atom. The molecule has 0 aliphatic carbocycles. The number of nitrogens with zero attached hydrogens (tertiary/aromatic N) is 3. The number of rotatable bonds is 7. The molecule has 1 amide bonds. The molecule has 4 rings (SSSR count). The highest BCUT2D eigenvalue weighted by Crippen LogP contribution is 2.32. The number of nitrogens with one attached hydrogen (secondary N) is 1. The Morgan fingerprint density at radius 3 is 2.67 bits per heavy atom. The topological polar surface area (TPSA) is 103 Å². The standard InChI is InChI=1S/C23H24N4O4S2/c1-5-31-18-10-7-11-19-21(18)25-23(32-19)27-20(12-15(4)26-27)24-22(28)16-8-6-9-17(13-16)33(29,30)14(2)3/h6-14H,5H2,1-4H3,(H,24,28). The average Bonchev–Trinajstić information content (AvgIpc) is 3.37. The fourth-order valence-electron chi connectivity index (χ4n) is 3.28. The van der Waals surface area contributed by atoms with E-state index in [4.69, 9.17) is 4.74 Å². The number of carbonyl (C=O) groups is 1. The van der Waals surface area contributed by atoms with Gasteiger partial charge in [-0.1, -0.05) is 23.5 Å². The number of carbonyl (C=O) groups excluding carboxylic acids is 1. The normalized spacial score (nSPS) is 11.8. The van der Waals surface area contributed by atoms with Gasteiger partial charge >= 0.3 is 0 Å². The summed E-state index contributed by atoms with van der Waals surface area (Å²) >= 11 is 1.43. The van der Waals surface area contributed by atoms with E-state index in [0.717, 1.165) is 10.2 Å². The highest BCUT2D eigenvalue weighted by atomic mass is 32.2. The maximum absolute atomic E-state index is 13.0. The number of ether oxygens (including phenoxy) is 1. The van der Waals surface area contributed by atoms with Gasteiger partial charge in [0.2, 0.25) is 5.13 Å². The lowest BCUT2D eigenvalue weighted by Gasteiger charge is -2.10. The number of aromatic nitrogens is 3. The molecule has 0 unspecified atom stereocenters. The van der Waals surface area contributed by atoms with Gasteiger partial charge in [-0.3, -0.25) is 4.79 Å². The van der Waals surface area contributed by atoms with Crippen molar-refractivity contribution in [3.8, 4) is 10.9 Å².